The molecule has 2 heterocycles. The van der Waals surface area contributed by atoms with Crippen LogP contribution in [0, 0.1) is 0 Å². The van der Waals surface area contributed by atoms with E-state index < -0.39 is 10.0 Å². The maximum Gasteiger partial charge on any atom is 0.254 e. The van der Waals surface area contributed by atoms with Gasteiger partial charge >= 0.3 is 0 Å². The number of hydrogen-bond acceptors (Lipinski definition) is 5. The Morgan fingerprint density at radius 1 is 1.27 bits per heavy atom. The van der Waals surface area contributed by atoms with Crippen molar-refractivity contribution in [3.8, 4) is 0 Å². The van der Waals surface area contributed by atoms with Crippen molar-refractivity contribution in [2.75, 3.05) is 26.2 Å². The van der Waals surface area contributed by atoms with E-state index in [4.69, 9.17) is 16.3 Å². The van der Waals surface area contributed by atoms with Gasteiger partial charge in [0, 0.05) is 36.7 Å². The Hall–Kier alpha value is -1.45. The molecular formula is C21H27ClN2O4S2. The van der Waals surface area contributed by atoms with Crippen molar-refractivity contribution in [2.24, 2.45) is 0 Å². The second kappa shape index (κ2) is 10.2. The molecule has 0 saturated carbocycles. The minimum atomic E-state index is -3.78. The van der Waals surface area contributed by atoms with Gasteiger partial charge in [-0.2, -0.15) is 4.31 Å². The smallest absolute Gasteiger partial charge is 0.254 e. The van der Waals surface area contributed by atoms with Crippen LogP contribution in [-0.2, 0) is 21.3 Å². The van der Waals surface area contributed by atoms with Gasteiger partial charge in [0.2, 0.25) is 10.0 Å². The van der Waals surface area contributed by atoms with Crippen molar-refractivity contribution in [3.63, 3.8) is 0 Å². The number of carbonyl (C=O) groups is 1. The van der Waals surface area contributed by atoms with Gasteiger partial charge in [0.25, 0.3) is 5.91 Å². The largest absolute Gasteiger partial charge is 0.376 e. The molecule has 0 aliphatic carbocycles. The van der Waals surface area contributed by atoms with Crippen LogP contribution >= 0.6 is 22.9 Å². The van der Waals surface area contributed by atoms with Gasteiger partial charge in [-0.25, -0.2) is 8.42 Å². The van der Waals surface area contributed by atoms with Crippen LogP contribution in [0.1, 0.15) is 41.9 Å². The number of nitrogens with zero attached hydrogens (tertiary/aromatic N) is 2. The SMILES string of the molecule is CCN(CC)S(=O)(=O)c1cc(C(=O)N(Cc2cccs2)C[C@H]2CCCO2)ccc1Cl. The molecule has 1 aliphatic heterocycles. The fourth-order valence-corrected chi connectivity index (χ4v) is 6.24. The number of carbonyl (C=O) groups excluding carboxylic acids is 1. The third kappa shape index (κ3) is 5.23. The van der Waals surface area contributed by atoms with Gasteiger partial charge < -0.3 is 9.64 Å². The summed E-state index contributed by atoms with van der Waals surface area (Å²) >= 11 is 7.81. The van der Waals surface area contributed by atoms with Crippen molar-refractivity contribution >= 4 is 38.9 Å². The number of thiophene rings is 1. The molecule has 164 valence electrons. The molecule has 0 N–H and O–H groups in total. The van der Waals surface area contributed by atoms with Crippen LogP contribution in [0.2, 0.25) is 5.02 Å². The van der Waals surface area contributed by atoms with Crippen LogP contribution < -0.4 is 0 Å². The topological polar surface area (TPSA) is 66.9 Å². The molecule has 1 fully saturated rings. The first-order valence-corrected chi connectivity index (χ1v) is 12.8. The summed E-state index contributed by atoms with van der Waals surface area (Å²) in [6, 6.07) is 8.41. The van der Waals surface area contributed by atoms with Gasteiger partial charge in [-0.05, 0) is 42.5 Å². The molecule has 1 atom stereocenters. The zero-order valence-electron chi connectivity index (χ0n) is 17.2. The van der Waals surface area contributed by atoms with Crippen LogP contribution in [0.4, 0.5) is 0 Å². The normalized spacial score (nSPS) is 16.9. The maximum absolute atomic E-state index is 13.4. The van der Waals surface area contributed by atoms with E-state index >= 15 is 0 Å². The van der Waals surface area contributed by atoms with E-state index in [1.165, 1.54) is 16.4 Å². The highest BCUT2D eigenvalue weighted by atomic mass is 35.5. The summed E-state index contributed by atoms with van der Waals surface area (Å²) in [6.45, 7) is 5.84. The molecule has 30 heavy (non-hydrogen) atoms. The lowest BCUT2D eigenvalue weighted by Crippen LogP contribution is -2.37. The molecule has 3 rings (SSSR count). The van der Waals surface area contributed by atoms with E-state index in [2.05, 4.69) is 0 Å². The highest BCUT2D eigenvalue weighted by Gasteiger charge is 2.28. The predicted molar refractivity (Wildman–Crippen MR) is 120 cm³/mol. The zero-order chi connectivity index (χ0) is 21.7. The van der Waals surface area contributed by atoms with Crippen LogP contribution in [0.25, 0.3) is 0 Å². The Balaban J connectivity index is 1.92. The number of hydrogen-bond donors (Lipinski definition) is 0. The van der Waals surface area contributed by atoms with Gasteiger partial charge in [-0.1, -0.05) is 31.5 Å². The number of halogens is 1. The first kappa shape index (κ1) is 23.2. The Labute approximate surface area is 187 Å². The molecule has 0 spiro atoms. The van der Waals surface area contributed by atoms with Crippen LogP contribution in [0.15, 0.2) is 40.6 Å². The Morgan fingerprint density at radius 3 is 2.63 bits per heavy atom. The van der Waals surface area contributed by atoms with E-state index in [0.717, 1.165) is 17.7 Å². The molecule has 6 nitrogen and oxygen atoms in total. The Bertz CT molecular complexity index is 953. The van der Waals surface area contributed by atoms with Crippen LogP contribution in [0.3, 0.4) is 0 Å². The number of sulfonamides is 1. The number of amides is 1. The minimum Gasteiger partial charge on any atom is -0.376 e. The van der Waals surface area contributed by atoms with Crippen molar-refractivity contribution in [2.45, 2.75) is 44.2 Å². The van der Waals surface area contributed by atoms with Crippen LogP contribution in [0.5, 0.6) is 0 Å². The van der Waals surface area contributed by atoms with E-state index in [9.17, 15) is 13.2 Å². The Morgan fingerprint density at radius 2 is 2.03 bits per heavy atom. The molecule has 0 unspecified atom stereocenters. The molecule has 9 heteroatoms. The second-order valence-electron chi connectivity index (χ2n) is 7.13. The second-order valence-corrected chi connectivity index (χ2v) is 10.5. The monoisotopic (exact) mass is 470 g/mol. The third-order valence-electron chi connectivity index (χ3n) is 5.16. The standard InChI is InChI=1S/C21H27ClN2O4S2/c1-3-24(4-2)30(26,27)20-13-16(9-10-19(20)22)21(25)23(14-17-7-5-11-28-17)15-18-8-6-12-29-18/h6,8-10,12-13,17H,3-5,7,11,14-15H2,1-2H3/t17-/m1/s1. The number of benzene rings is 1. The quantitative estimate of drug-likeness (QED) is 0.549. The molecule has 2 aromatic rings. The zero-order valence-corrected chi connectivity index (χ0v) is 19.6. The fourth-order valence-electron chi connectivity index (χ4n) is 3.56. The van der Waals surface area contributed by atoms with Gasteiger partial charge in [0.15, 0.2) is 0 Å². The Kier molecular flexibility index (Phi) is 7.92. The first-order valence-electron chi connectivity index (χ1n) is 10.1. The van der Waals surface area contributed by atoms with Crippen LogP contribution in [-0.4, -0.2) is 55.9 Å². The summed E-state index contributed by atoms with van der Waals surface area (Å²) in [5.41, 5.74) is 0.305. The fraction of sp³-hybridized carbons (Fsp3) is 0.476. The molecule has 1 aromatic carbocycles. The molecule has 1 aliphatic rings. The average Bonchev–Trinajstić information content (AvgIpc) is 3.42. The molecule has 1 amide bonds. The van der Waals surface area contributed by atoms with Gasteiger partial charge in [-0.15, -0.1) is 11.3 Å². The highest BCUT2D eigenvalue weighted by molar-refractivity contribution is 7.89. The van der Waals surface area contributed by atoms with E-state index in [1.807, 2.05) is 17.5 Å². The summed E-state index contributed by atoms with van der Waals surface area (Å²) in [5, 5.41) is 2.09. The third-order valence-corrected chi connectivity index (χ3v) is 8.56. The predicted octanol–water partition coefficient (Wildman–Crippen LogP) is 4.25. The van der Waals surface area contributed by atoms with E-state index in [0.29, 0.717) is 38.3 Å². The lowest BCUT2D eigenvalue weighted by atomic mass is 10.1. The molecule has 1 saturated heterocycles. The lowest BCUT2D eigenvalue weighted by Gasteiger charge is -2.26. The molecule has 1 aromatic heterocycles. The van der Waals surface area contributed by atoms with Gasteiger partial charge in [0.05, 0.1) is 17.7 Å². The van der Waals surface area contributed by atoms with Crippen molar-refractivity contribution in [1.29, 1.82) is 0 Å². The van der Waals surface area contributed by atoms with Crippen molar-refractivity contribution < 1.29 is 17.9 Å². The first-order chi connectivity index (χ1) is 14.4. The van der Waals surface area contributed by atoms with Crippen molar-refractivity contribution in [3.05, 3.63) is 51.2 Å². The number of rotatable bonds is 9. The van der Waals surface area contributed by atoms with E-state index in [-0.39, 0.29) is 21.9 Å². The number of ether oxygens (including phenoxy) is 1. The summed E-state index contributed by atoms with van der Waals surface area (Å²) in [7, 11) is -3.78. The average molecular weight is 471 g/mol. The van der Waals surface area contributed by atoms with Crippen molar-refractivity contribution in [1.82, 2.24) is 9.21 Å². The summed E-state index contributed by atoms with van der Waals surface area (Å²) in [6.07, 6.45) is 1.90. The maximum atomic E-state index is 13.4. The minimum absolute atomic E-state index is 0.0000832. The van der Waals surface area contributed by atoms with Gasteiger partial charge in [0.1, 0.15) is 4.90 Å². The lowest BCUT2D eigenvalue weighted by molar-refractivity contribution is 0.0509. The summed E-state index contributed by atoms with van der Waals surface area (Å²) in [5.74, 6) is -0.230. The molecule has 0 radical (unpaired) electrons. The molecular weight excluding hydrogens is 444 g/mol. The highest BCUT2D eigenvalue weighted by Crippen LogP contribution is 2.27. The summed E-state index contributed by atoms with van der Waals surface area (Å²) < 4.78 is 33.1. The molecule has 0 bridgehead atoms. The van der Waals surface area contributed by atoms with Gasteiger partial charge in [-0.3, -0.25) is 4.79 Å². The summed E-state index contributed by atoms with van der Waals surface area (Å²) in [4.78, 5) is 16.1. The van der Waals surface area contributed by atoms with E-state index in [1.54, 1.807) is 36.2 Å².